The summed E-state index contributed by atoms with van der Waals surface area (Å²) in [5, 5.41) is 23.1. The number of hydrogen-bond donors (Lipinski definition) is 6. The fraction of sp³-hybridized carbons (Fsp3) is 0.414. The number of aryl methyl sites for hydroxylation is 1. The number of aromatic hydroxyl groups is 1. The van der Waals surface area contributed by atoms with Crippen molar-refractivity contribution in [2.24, 2.45) is 5.73 Å². The van der Waals surface area contributed by atoms with Crippen LogP contribution in [0.5, 0.6) is 5.75 Å². The Morgan fingerprint density at radius 3 is 2.41 bits per heavy atom. The van der Waals surface area contributed by atoms with Crippen molar-refractivity contribution in [3.63, 3.8) is 0 Å². The Labute approximate surface area is 227 Å². The lowest BCUT2D eigenvalue weighted by molar-refractivity contribution is 0.0997. The molecule has 2 aromatic carbocycles. The third-order valence-corrected chi connectivity index (χ3v) is 6.49. The number of benzene rings is 2. The highest BCUT2D eigenvalue weighted by atomic mass is 16.5. The lowest BCUT2D eigenvalue weighted by Gasteiger charge is -2.13. The van der Waals surface area contributed by atoms with Gasteiger partial charge in [0.25, 0.3) is 11.5 Å². The van der Waals surface area contributed by atoms with Gasteiger partial charge in [0.15, 0.2) is 0 Å². The molecule has 0 bridgehead atoms. The number of phenols is 1. The van der Waals surface area contributed by atoms with Crippen LogP contribution < -0.4 is 22.3 Å². The molecule has 0 spiro atoms. The van der Waals surface area contributed by atoms with Crippen LogP contribution in [0.25, 0.3) is 11.1 Å². The molecule has 1 aromatic heterocycles. The Morgan fingerprint density at radius 2 is 1.69 bits per heavy atom. The van der Waals surface area contributed by atoms with Gasteiger partial charge >= 0.3 is 5.69 Å². The number of H-pyrrole nitrogens is 2. The number of rotatable bonds is 17. The van der Waals surface area contributed by atoms with Crippen molar-refractivity contribution in [1.29, 1.82) is 0 Å². The van der Waals surface area contributed by atoms with Gasteiger partial charge in [-0.3, -0.25) is 14.6 Å². The second-order valence-electron chi connectivity index (χ2n) is 9.53. The normalized spacial score (nSPS) is 11.9. The van der Waals surface area contributed by atoms with Gasteiger partial charge in [-0.2, -0.15) is 0 Å². The third kappa shape index (κ3) is 9.82. The Balaban J connectivity index is 1.17. The number of aliphatic hydroxyl groups is 1. The van der Waals surface area contributed by atoms with E-state index in [4.69, 9.17) is 10.5 Å². The smallest absolute Gasteiger partial charge is 0.325 e. The van der Waals surface area contributed by atoms with Gasteiger partial charge in [0.05, 0.1) is 17.2 Å². The standard InChI is InChI=1S/C29H38N4O6/c30-27(36)23-17-22(12-13-25(23)34)26(35)19-31-14-4-1-2-5-15-39-16-6-3-7-20-8-10-21(11-9-20)24-18-32-29(38)33-28(24)37/h8-13,17-18,26,31,34-35H,1-7,14-16,19H2,(H2,30,36)(H2,32,33,37,38)/t26-/m0/s1. The van der Waals surface area contributed by atoms with Crippen LogP contribution in [-0.2, 0) is 11.2 Å². The van der Waals surface area contributed by atoms with Crippen LogP contribution in [0.2, 0.25) is 0 Å². The van der Waals surface area contributed by atoms with E-state index in [-0.39, 0.29) is 11.3 Å². The molecule has 0 radical (unpaired) electrons. The summed E-state index contributed by atoms with van der Waals surface area (Å²) < 4.78 is 5.75. The highest BCUT2D eigenvalue weighted by Gasteiger charge is 2.13. The number of hydrogen-bond acceptors (Lipinski definition) is 7. The first-order chi connectivity index (χ1) is 18.8. The molecule has 10 heteroatoms. The molecule has 0 aliphatic carbocycles. The van der Waals surface area contributed by atoms with E-state index in [1.807, 2.05) is 24.3 Å². The average molecular weight is 539 g/mol. The summed E-state index contributed by atoms with van der Waals surface area (Å²) in [6.07, 6.45) is 7.73. The van der Waals surface area contributed by atoms with E-state index in [2.05, 4.69) is 15.3 Å². The van der Waals surface area contributed by atoms with Crippen molar-refractivity contribution in [2.45, 2.75) is 51.0 Å². The summed E-state index contributed by atoms with van der Waals surface area (Å²) in [5.41, 5.74) is 7.25. The highest BCUT2D eigenvalue weighted by molar-refractivity contribution is 5.95. The molecular formula is C29H38N4O6. The quantitative estimate of drug-likeness (QED) is 0.143. The zero-order valence-corrected chi connectivity index (χ0v) is 22.1. The maximum atomic E-state index is 11.9. The van der Waals surface area contributed by atoms with E-state index in [0.717, 1.165) is 70.3 Å². The zero-order valence-electron chi connectivity index (χ0n) is 22.1. The van der Waals surface area contributed by atoms with Crippen LogP contribution in [0.1, 0.15) is 66.1 Å². The second kappa shape index (κ2) is 15.6. The topological polar surface area (TPSA) is 171 Å². The summed E-state index contributed by atoms with van der Waals surface area (Å²) in [5.74, 6) is -0.923. The van der Waals surface area contributed by atoms with Crippen LogP contribution in [-0.4, -0.2) is 52.4 Å². The van der Waals surface area contributed by atoms with E-state index in [1.54, 1.807) is 6.07 Å². The Kier molecular flexibility index (Phi) is 11.9. The van der Waals surface area contributed by atoms with Crippen LogP contribution in [0.15, 0.2) is 58.3 Å². The molecule has 1 heterocycles. The molecule has 0 aliphatic heterocycles. The fourth-order valence-corrected chi connectivity index (χ4v) is 4.23. The van der Waals surface area contributed by atoms with E-state index < -0.39 is 23.3 Å². The Bertz CT molecular complexity index is 1300. The monoisotopic (exact) mass is 538 g/mol. The summed E-state index contributed by atoms with van der Waals surface area (Å²) in [7, 11) is 0. The van der Waals surface area contributed by atoms with Crippen molar-refractivity contribution in [1.82, 2.24) is 15.3 Å². The number of ether oxygens (including phenoxy) is 1. The van der Waals surface area contributed by atoms with Crippen LogP contribution >= 0.6 is 0 Å². The molecule has 0 aliphatic rings. The molecule has 210 valence electrons. The summed E-state index contributed by atoms with van der Waals surface area (Å²) in [6.45, 7) is 2.61. The van der Waals surface area contributed by atoms with Crippen molar-refractivity contribution < 1.29 is 19.7 Å². The minimum Gasteiger partial charge on any atom is -0.507 e. The summed E-state index contributed by atoms with van der Waals surface area (Å²) in [4.78, 5) is 39.1. The lowest BCUT2D eigenvalue weighted by Crippen LogP contribution is -2.23. The first-order valence-electron chi connectivity index (χ1n) is 13.4. The number of aromatic amines is 2. The highest BCUT2D eigenvalue weighted by Crippen LogP contribution is 2.22. The number of amides is 1. The predicted molar refractivity (Wildman–Crippen MR) is 150 cm³/mol. The number of primary amides is 1. The number of nitrogens with one attached hydrogen (secondary N) is 3. The molecule has 3 aromatic rings. The first-order valence-corrected chi connectivity index (χ1v) is 13.4. The predicted octanol–water partition coefficient (Wildman–Crippen LogP) is 2.76. The lowest BCUT2D eigenvalue weighted by atomic mass is 10.0. The van der Waals surface area contributed by atoms with Gasteiger partial charge in [-0.15, -0.1) is 0 Å². The molecule has 0 unspecified atom stereocenters. The number of carbonyl (C=O) groups excluding carboxylic acids is 1. The summed E-state index contributed by atoms with van der Waals surface area (Å²) in [6, 6.07) is 12.2. The van der Waals surface area contributed by atoms with E-state index in [0.29, 0.717) is 17.7 Å². The van der Waals surface area contributed by atoms with Gasteiger partial charge in [-0.05, 0) is 67.5 Å². The Hall–Kier alpha value is -3.73. The average Bonchev–Trinajstić information content (AvgIpc) is 2.91. The maximum absolute atomic E-state index is 11.9. The van der Waals surface area contributed by atoms with Gasteiger partial charge in [0.2, 0.25) is 0 Å². The minimum atomic E-state index is -0.787. The Morgan fingerprint density at radius 1 is 0.974 bits per heavy atom. The molecular weight excluding hydrogens is 500 g/mol. The van der Waals surface area contributed by atoms with Gasteiger partial charge in [-0.1, -0.05) is 43.2 Å². The molecule has 0 saturated carbocycles. The van der Waals surface area contributed by atoms with Crippen LogP contribution in [0.3, 0.4) is 0 Å². The van der Waals surface area contributed by atoms with Gasteiger partial charge in [0.1, 0.15) is 5.75 Å². The third-order valence-electron chi connectivity index (χ3n) is 6.49. The van der Waals surface area contributed by atoms with Crippen molar-refractivity contribution in [2.75, 3.05) is 26.3 Å². The maximum Gasteiger partial charge on any atom is 0.325 e. The zero-order chi connectivity index (χ0) is 28.0. The first kappa shape index (κ1) is 29.8. The molecule has 39 heavy (non-hydrogen) atoms. The van der Waals surface area contributed by atoms with Gasteiger partial charge in [-0.25, -0.2) is 4.79 Å². The SMILES string of the molecule is NC(=O)c1cc([C@@H](O)CNCCCCCCOCCCCc2ccc(-c3c[nH]c(=O)[nH]c3=O)cc2)ccc1O. The van der Waals surface area contributed by atoms with Crippen molar-refractivity contribution in [3.8, 4) is 16.9 Å². The number of aromatic nitrogens is 2. The number of carbonyl (C=O) groups is 1. The number of unbranched alkanes of at least 4 members (excludes halogenated alkanes) is 4. The van der Waals surface area contributed by atoms with E-state index in [1.165, 1.54) is 23.9 Å². The molecule has 1 atom stereocenters. The molecule has 7 N–H and O–H groups in total. The minimum absolute atomic E-state index is 0.00320. The van der Waals surface area contributed by atoms with Crippen LogP contribution in [0.4, 0.5) is 0 Å². The fourth-order valence-electron chi connectivity index (χ4n) is 4.23. The largest absolute Gasteiger partial charge is 0.507 e. The van der Waals surface area contributed by atoms with E-state index >= 15 is 0 Å². The second-order valence-corrected chi connectivity index (χ2v) is 9.53. The van der Waals surface area contributed by atoms with Crippen molar-refractivity contribution in [3.05, 3.63) is 86.2 Å². The molecule has 0 fully saturated rings. The molecule has 10 nitrogen and oxygen atoms in total. The summed E-state index contributed by atoms with van der Waals surface area (Å²) >= 11 is 0. The molecule has 0 saturated heterocycles. The van der Waals surface area contributed by atoms with Crippen molar-refractivity contribution >= 4 is 5.91 Å². The molecule has 1 amide bonds. The van der Waals surface area contributed by atoms with E-state index in [9.17, 15) is 24.6 Å². The molecule has 3 rings (SSSR count). The van der Waals surface area contributed by atoms with Crippen LogP contribution in [0, 0.1) is 0 Å². The number of aliphatic hydroxyl groups excluding tert-OH is 1. The van der Waals surface area contributed by atoms with Gasteiger partial charge < -0.3 is 31.0 Å². The van der Waals surface area contributed by atoms with Gasteiger partial charge in [0, 0.05) is 26.0 Å². The number of nitrogens with two attached hydrogens (primary N) is 1.